The maximum atomic E-state index is 14.4. The van der Waals surface area contributed by atoms with Gasteiger partial charge in [-0.15, -0.1) is 0 Å². The molecule has 0 aliphatic heterocycles. The first kappa shape index (κ1) is 27.0. The standard InChI is InChI=1S/C31H33FN2O4/c1-21-9-6-7-14-28(21)30(31(37)33-25-11-4-3-5-12-25)34(26-13-8-10-24(32)20-26)29(36)19-23-15-17-27(18-16-23)38-22(2)35/h6-10,13-18,20,25,30H,3-5,11-12,19H2,1-2H3,(H,33,37). The van der Waals surface area contributed by atoms with Crippen molar-refractivity contribution in [3.8, 4) is 5.75 Å². The monoisotopic (exact) mass is 516 g/mol. The first-order valence-electron chi connectivity index (χ1n) is 13.0. The van der Waals surface area contributed by atoms with Gasteiger partial charge >= 0.3 is 5.97 Å². The van der Waals surface area contributed by atoms with E-state index in [4.69, 9.17) is 4.74 Å². The largest absolute Gasteiger partial charge is 0.427 e. The maximum Gasteiger partial charge on any atom is 0.308 e. The van der Waals surface area contributed by atoms with E-state index in [1.807, 2.05) is 31.2 Å². The summed E-state index contributed by atoms with van der Waals surface area (Å²) < 4.78 is 19.5. The Hall–Kier alpha value is -4.00. The number of ether oxygens (including phenoxy) is 1. The van der Waals surface area contributed by atoms with Crippen LogP contribution in [0, 0.1) is 12.7 Å². The Morgan fingerprint density at radius 1 is 0.974 bits per heavy atom. The number of anilines is 1. The number of benzene rings is 3. The number of rotatable bonds is 8. The number of carbonyl (C=O) groups excluding carboxylic acids is 3. The van der Waals surface area contributed by atoms with E-state index in [-0.39, 0.29) is 24.3 Å². The number of aryl methyl sites for hydroxylation is 1. The topological polar surface area (TPSA) is 75.7 Å². The lowest BCUT2D eigenvalue weighted by Gasteiger charge is -2.34. The van der Waals surface area contributed by atoms with Crippen LogP contribution in [-0.2, 0) is 20.8 Å². The third-order valence-corrected chi connectivity index (χ3v) is 6.84. The highest BCUT2D eigenvalue weighted by atomic mass is 19.1. The van der Waals surface area contributed by atoms with Gasteiger partial charge in [0.15, 0.2) is 0 Å². The number of amides is 2. The van der Waals surface area contributed by atoms with Crippen molar-refractivity contribution in [1.29, 1.82) is 0 Å². The minimum absolute atomic E-state index is 0.0318. The summed E-state index contributed by atoms with van der Waals surface area (Å²) in [4.78, 5) is 40.5. The fourth-order valence-electron chi connectivity index (χ4n) is 4.98. The van der Waals surface area contributed by atoms with Gasteiger partial charge in [-0.25, -0.2) is 4.39 Å². The fraction of sp³-hybridized carbons (Fsp3) is 0.323. The molecule has 198 valence electrons. The molecule has 0 bridgehead atoms. The van der Waals surface area contributed by atoms with Crippen LogP contribution < -0.4 is 15.0 Å². The lowest BCUT2D eigenvalue weighted by Crippen LogP contribution is -2.48. The minimum Gasteiger partial charge on any atom is -0.427 e. The van der Waals surface area contributed by atoms with E-state index < -0.39 is 17.8 Å². The number of halogens is 1. The molecule has 3 aromatic carbocycles. The average Bonchev–Trinajstić information content (AvgIpc) is 2.89. The van der Waals surface area contributed by atoms with Gasteiger partial charge in [0.1, 0.15) is 17.6 Å². The van der Waals surface area contributed by atoms with Crippen molar-refractivity contribution in [2.24, 2.45) is 0 Å². The smallest absolute Gasteiger partial charge is 0.308 e. The van der Waals surface area contributed by atoms with Crippen molar-refractivity contribution >= 4 is 23.5 Å². The minimum atomic E-state index is -0.979. The van der Waals surface area contributed by atoms with Crippen LogP contribution in [0.25, 0.3) is 0 Å². The Bertz CT molecular complexity index is 1290. The third kappa shape index (κ3) is 6.85. The van der Waals surface area contributed by atoms with Crippen molar-refractivity contribution in [2.75, 3.05) is 4.90 Å². The van der Waals surface area contributed by atoms with Crippen LogP contribution in [0.3, 0.4) is 0 Å². The van der Waals surface area contributed by atoms with Gasteiger partial charge in [-0.3, -0.25) is 19.3 Å². The van der Waals surface area contributed by atoms with Gasteiger partial charge in [0.25, 0.3) is 0 Å². The molecule has 1 aliphatic rings. The second-order valence-corrected chi connectivity index (χ2v) is 9.76. The molecule has 1 unspecified atom stereocenters. The molecule has 1 N–H and O–H groups in total. The van der Waals surface area contributed by atoms with Crippen molar-refractivity contribution in [3.05, 3.63) is 95.3 Å². The van der Waals surface area contributed by atoms with E-state index in [1.54, 1.807) is 30.3 Å². The predicted octanol–water partition coefficient (Wildman–Crippen LogP) is 5.83. The van der Waals surface area contributed by atoms with E-state index in [2.05, 4.69) is 5.32 Å². The predicted molar refractivity (Wildman–Crippen MR) is 144 cm³/mol. The summed E-state index contributed by atoms with van der Waals surface area (Å²) in [5.41, 5.74) is 2.52. The molecule has 0 spiro atoms. The lowest BCUT2D eigenvalue weighted by atomic mass is 9.93. The highest BCUT2D eigenvalue weighted by molar-refractivity contribution is 6.02. The third-order valence-electron chi connectivity index (χ3n) is 6.84. The van der Waals surface area contributed by atoms with Gasteiger partial charge in [-0.1, -0.05) is 61.7 Å². The molecule has 1 atom stereocenters. The van der Waals surface area contributed by atoms with Crippen molar-refractivity contribution in [1.82, 2.24) is 5.32 Å². The van der Waals surface area contributed by atoms with Gasteiger partial charge in [0.2, 0.25) is 11.8 Å². The molecule has 0 aromatic heterocycles. The van der Waals surface area contributed by atoms with Crippen LogP contribution >= 0.6 is 0 Å². The fourth-order valence-corrected chi connectivity index (χ4v) is 4.98. The number of esters is 1. The van der Waals surface area contributed by atoms with E-state index in [9.17, 15) is 18.8 Å². The summed E-state index contributed by atoms with van der Waals surface area (Å²) in [5.74, 6) is -1.20. The second-order valence-electron chi connectivity index (χ2n) is 9.76. The van der Waals surface area contributed by atoms with E-state index in [1.165, 1.54) is 30.0 Å². The number of carbonyl (C=O) groups is 3. The molecule has 1 saturated carbocycles. The van der Waals surface area contributed by atoms with Crippen molar-refractivity contribution < 1.29 is 23.5 Å². The Morgan fingerprint density at radius 3 is 2.34 bits per heavy atom. The Labute approximate surface area is 222 Å². The van der Waals surface area contributed by atoms with Crippen LogP contribution in [0.1, 0.15) is 61.8 Å². The Balaban J connectivity index is 1.72. The molecular formula is C31H33FN2O4. The van der Waals surface area contributed by atoms with Crippen LogP contribution in [0.4, 0.5) is 10.1 Å². The average molecular weight is 517 g/mol. The normalized spacial score (nSPS) is 14.4. The molecule has 4 rings (SSSR count). The molecule has 0 saturated heterocycles. The molecule has 7 heteroatoms. The van der Waals surface area contributed by atoms with Gasteiger partial charge < -0.3 is 10.1 Å². The number of nitrogens with zero attached hydrogens (tertiary/aromatic N) is 1. The number of nitrogens with one attached hydrogen (secondary N) is 1. The van der Waals surface area contributed by atoms with Crippen LogP contribution in [0.15, 0.2) is 72.8 Å². The van der Waals surface area contributed by atoms with Crippen LogP contribution in [0.5, 0.6) is 5.75 Å². The summed E-state index contributed by atoms with van der Waals surface area (Å²) in [7, 11) is 0. The zero-order chi connectivity index (χ0) is 27.1. The molecule has 1 fully saturated rings. The summed E-state index contributed by atoms with van der Waals surface area (Å²) in [6, 6.07) is 18.9. The Kier molecular flexibility index (Phi) is 8.89. The summed E-state index contributed by atoms with van der Waals surface area (Å²) in [6.07, 6.45) is 5.02. The molecule has 0 heterocycles. The van der Waals surface area contributed by atoms with Crippen molar-refractivity contribution in [3.63, 3.8) is 0 Å². The van der Waals surface area contributed by atoms with E-state index in [0.717, 1.165) is 37.7 Å². The SMILES string of the molecule is CC(=O)Oc1ccc(CC(=O)N(c2cccc(F)c2)C(C(=O)NC2CCCCC2)c2ccccc2C)cc1. The quantitative estimate of drug-likeness (QED) is 0.302. The lowest BCUT2D eigenvalue weighted by molar-refractivity contribution is -0.132. The first-order valence-corrected chi connectivity index (χ1v) is 13.0. The van der Waals surface area contributed by atoms with Crippen LogP contribution in [-0.4, -0.2) is 23.8 Å². The zero-order valence-electron chi connectivity index (χ0n) is 21.8. The number of hydrogen-bond acceptors (Lipinski definition) is 4. The molecule has 0 radical (unpaired) electrons. The van der Waals surface area contributed by atoms with Gasteiger partial charge in [0, 0.05) is 18.7 Å². The van der Waals surface area contributed by atoms with Gasteiger partial charge in [-0.05, 0) is 66.8 Å². The van der Waals surface area contributed by atoms with Crippen molar-refractivity contribution in [2.45, 2.75) is 64.5 Å². The molecular weight excluding hydrogens is 483 g/mol. The van der Waals surface area contributed by atoms with Crippen LogP contribution in [0.2, 0.25) is 0 Å². The van der Waals surface area contributed by atoms with E-state index >= 15 is 0 Å². The zero-order valence-corrected chi connectivity index (χ0v) is 21.8. The second kappa shape index (κ2) is 12.5. The van der Waals surface area contributed by atoms with Gasteiger partial charge in [0.05, 0.1) is 6.42 Å². The summed E-state index contributed by atoms with van der Waals surface area (Å²) in [5, 5.41) is 3.18. The Morgan fingerprint density at radius 2 is 1.68 bits per heavy atom. The summed E-state index contributed by atoms with van der Waals surface area (Å²) in [6.45, 7) is 3.22. The molecule has 2 amide bonds. The molecule has 6 nitrogen and oxygen atoms in total. The number of hydrogen-bond donors (Lipinski definition) is 1. The first-order chi connectivity index (χ1) is 18.3. The molecule has 3 aromatic rings. The highest BCUT2D eigenvalue weighted by Crippen LogP contribution is 2.32. The van der Waals surface area contributed by atoms with Gasteiger partial charge in [-0.2, -0.15) is 0 Å². The highest BCUT2D eigenvalue weighted by Gasteiger charge is 2.35. The molecule has 1 aliphatic carbocycles. The molecule has 38 heavy (non-hydrogen) atoms. The maximum absolute atomic E-state index is 14.4. The summed E-state index contributed by atoms with van der Waals surface area (Å²) >= 11 is 0. The van der Waals surface area contributed by atoms with E-state index in [0.29, 0.717) is 22.6 Å².